The van der Waals surface area contributed by atoms with Gasteiger partial charge in [-0.15, -0.1) is 0 Å². The summed E-state index contributed by atoms with van der Waals surface area (Å²) in [6.45, 7) is 5.00. The number of carbonyl (C=O) groups is 2. The second kappa shape index (κ2) is 9.28. The fraction of sp³-hybridized carbons (Fsp3) is 0.227. The monoisotopic (exact) mass is 396 g/mol. The van der Waals surface area contributed by atoms with Crippen molar-refractivity contribution >= 4 is 34.8 Å². The van der Waals surface area contributed by atoms with Gasteiger partial charge in [-0.1, -0.05) is 42.5 Å². The summed E-state index contributed by atoms with van der Waals surface area (Å²) in [6.07, 6.45) is 3.57. The van der Waals surface area contributed by atoms with Crippen LogP contribution in [0.5, 0.6) is 0 Å². The topological polar surface area (TPSA) is 78.4 Å². The number of Topliss-reactive ketones (excluding diaryl/α,β-unsaturated/α-hetero) is 1. The Labute approximate surface area is 170 Å². The standard InChI is InChI=1S/C22H24N2O3S/c1-4-13-23-21(28)24-18-11-9-16(10-12-18)15-5-7-17(8-6-15)19(25)14-22(2,3)20(26)27/h4-13H,14H2,1-3H3,(H,26,27)(H2,23,24,28)/b13-4+. The molecule has 0 spiro atoms. The number of rotatable bonds is 7. The maximum absolute atomic E-state index is 12.3. The van der Waals surface area contributed by atoms with E-state index in [0.29, 0.717) is 10.7 Å². The molecule has 0 aromatic heterocycles. The average molecular weight is 397 g/mol. The smallest absolute Gasteiger partial charge is 0.309 e. The second-order valence-electron chi connectivity index (χ2n) is 7.04. The number of benzene rings is 2. The molecule has 0 saturated heterocycles. The lowest BCUT2D eigenvalue weighted by molar-refractivity contribution is -0.146. The molecule has 6 heteroatoms. The number of nitrogens with one attached hydrogen (secondary N) is 2. The van der Waals surface area contributed by atoms with Gasteiger partial charge in [0.1, 0.15) is 0 Å². The molecule has 2 aromatic carbocycles. The Morgan fingerprint density at radius 3 is 2.07 bits per heavy atom. The van der Waals surface area contributed by atoms with Gasteiger partial charge in [0.15, 0.2) is 10.9 Å². The molecule has 5 nitrogen and oxygen atoms in total. The van der Waals surface area contributed by atoms with Crippen molar-refractivity contribution in [1.29, 1.82) is 0 Å². The van der Waals surface area contributed by atoms with E-state index in [0.717, 1.165) is 16.8 Å². The van der Waals surface area contributed by atoms with Crippen molar-refractivity contribution in [2.24, 2.45) is 5.41 Å². The number of allylic oxidation sites excluding steroid dienone is 1. The van der Waals surface area contributed by atoms with Crippen molar-refractivity contribution in [2.45, 2.75) is 27.2 Å². The van der Waals surface area contributed by atoms with Gasteiger partial charge in [-0.25, -0.2) is 0 Å². The minimum Gasteiger partial charge on any atom is -0.481 e. The first-order valence-electron chi connectivity index (χ1n) is 8.89. The van der Waals surface area contributed by atoms with Crippen LogP contribution in [0.2, 0.25) is 0 Å². The molecule has 0 aliphatic heterocycles. The summed E-state index contributed by atoms with van der Waals surface area (Å²) in [5.74, 6) is -1.16. The van der Waals surface area contributed by atoms with Crippen molar-refractivity contribution in [3.05, 3.63) is 66.4 Å². The number of thiocarbonyl (C=S) groups is 1. The third-order valence-electron chi connectivity index (χ3n) is 4.25. The summed E-state index contributed by atoms with van der Waals surface area (Å²) in [4.78, 5) is 23.5. The molecule has 0 atom stereocenters. The van der Waals surface area contributed by atoms with Crippen molar-refractivity contribution in [3.8, 4) is 11.1 Å². The maximum Gasteiger partial charge on any atom is 0.309 e. The largest absolute Gasteiger partial charge is 0.481 e. The number of aliphatic carboxylic acids is 1. The maximum atomic E-state index is 12.3. The van der Waals surface area contributed by atoms with Crippen molar-refractivity contribution < 1.29 is 14.7 Å². The van der Waals surface area contributed by atoms with E-state index in [2.05, 4.69) is 10.6 Å². The van der Waals surface area contributed by atoms with E-state index in [1.807, 2.05) is 49.4 Å². The van der Waals surface area contributed by atoms with Crippen molar-refractivity contribution in [3.63, 3.8) is 0 Å². The van der Waals surface area contributed by atoms with Gasteiger partial charge in [-0.05, 0) is 62.4 Å². The van der Waals surface area contributed by atoms with E-state index >= 15 is 0 Å². The molecule has 0 saturated carbocycles. The zero-order chi connectivity index (χ0) is 20.7. The Hall–Kier alpha value is -2.99. The lowest BCUT2D eigenvalue weighted by Crippen LogP contribution is -2.26. The first-order valence-corrected chi connectivity index (χ1v) is 9.29. The quantitative estimate of drug-likeness (QED) is 0.458. The van der Waals surface area contributed by atoms with Crippen LogP contribution >= 0.6 is 12.2 Å². The van der Waals surface area contributed by atoms with Crippen LogP contribution in [-0.4, -0.2) is 22.0 Å². The number of hydrogen-bond acceptors (Lipinski definition) is 3. The van der Waals surface area contributed by atoms with Crippen LogP contribution in [0.15, 0.2) is 60.8 Å². The van der Waals surface area contributed by atoms with E-state index in [9.17, 15) is 14.7 Å². The summed E-state index contributed by atoms with van der Waals surface area (Å²) in [6, 6.07) is 15.0. The molecular formula is C22H24N2O3S. The van der Waals surface area contributed by atoms with Crippen LogP contribution in [-0.2, 0) is 4.79 Å². The number of carboxylic acids is 1. The zero-order valence-electron chi connectivity index (χ0n) is 16.2. The highest BCUT2D eigenvalue weighted by atomic mass is 32.1. The summed E-state index contributed by atoms with van der Waals surface area (Å²) in [7, 11) is 0. The highest BCUT2D eigenvalue weighted by Gasteiger charge is 2.30. The predicted molar refractivity (Wildman–Crippen MR) is 116 cm³/mol. The van der Waals surface area contributed by atoms with Crippen LogP contribution < -0.4 is 10.6 Å². The normalized spacial score (nSPS) is 11.2. The molecule has 0 aliphatic carbocycles. The molecule has 3 N–H and O–H groups in total. The summed E-state index contributed by atoms with van der Waals surface area (Å²) in [5, 5.41) is 15.7. The lowest BCUT2D eigenvalue weighted by atomic mass is 9.85. The molecule has 0 unspecified atom stereocenters. The van der Waals surface area contributed by atoms with Gasteiger partial charge in [0.2, 0.25) is 0 Å². The second-order valence-corrected chi connectivity index (χ2v) is 7.45. The van der Waals surface area contributed by atoms with E-state index < -0.39 is 11.4 Å². The summed E-state index contributed by atoms with van der Waals surface area (Å²) < 4.78 is 0. The average Bonchev–Trinajstić information content (AvgIpc) is 2.66. The molecule has 28 heavy (non-hydrogen) atoms. The zero-order valence-corrected chi connectivity index (χ0v) is 17.0. The molecule has 0 bridgehead atoms. The minimum absolute atomic E-state index is 0.0385. The third kappa shape index (κ3) is 5.76. The van der Waals surface area contributed by atoms with Gasteiger partial charge in [-0.2, -0.15) is 0 Å². The Morgan fingerprint density at radius 2 is 1.57 bits per heavy atom. The lowest BCUT2D eigenvalue weighted by Gasteiger charge is -2.17. The van der Waals surface area contributed by atoms with Crippen molar-refractivity contribution in [1.82, 2.24) is 5.32 Å². The van der Waals surface area contributed by atoms with Crippen LogP contribution in [0, 0.1) is 5.41 Å². The number of carbonyl (C=O) groups excluding carboxylic acids is 1. The van der Waals surface area contributed by atoms with Crippen LogP contribution in [0.1, 0.15) is 37.6 Å². The third-order valence-corrected chi connectivity index (χ3v) is 4.47. The molecule has 0 amide bonds. The van der Waals surface area contributed by atoms with E-state index in [1.165, 1.54) is 0 Å². The molecule has 2 rings (SSSR count). The molecule has 2 aromatic rings. The predicted octanol–water partition coefficient (Wildman–Crippen LogP) is 4.86. The first-order chi connectivity index (χ1) is 13.2. The molecule has 0 aliphatic rings. The Morgan fingerprint density at radius 1 is 1.04 bits per heavy atom. The first kappa shape index (κ1) is 21.3. The highest BCUT2D eigenvalue weighted by Crippen LogP contribution is 2.25. The Kier molecular flexibility index (Phi) is 7.06. The molecular weight excluding hydrogens is 372 g/mol. The fourth-order valence-corrected chi connectivity index (χ4v) is 2.69. The van der Waals surface area contributed by atoms with Crippen molar-refractivity contribution in [2.75, 3.05) is 5.32 Å². The fourth-order valence-electron chi connectivity index (χ4n) is 2.50. The van der Waals surface area contributed by atoms with Gasteiger partial charge in [0.05, 0.1) is 5.41 Å². The van der Waals surface area contributed by atoms with E-state index in [1.54, 1.807) is 32.2 Å². The Balaban J connectivity index is 2.06. The number of ketones is 1. The SMILES string of the molecule is C/C=C/NC(=S)Nc1ccc(-c2ccc(C(=O)CC(C)(C)C(=O)O)cc2)cc1. The van der Waals surface area contributed by atoms with E-state index in [-0.39, 0.29) is 12.2 Å². The molecule has 0 heterocycles. The summed E-state index contributed by atoms with van der Waals surface area (Å²) in [5.41, 5.74) is 2.27. The van der Waals surface area contributed by atoms with Crippen LogP contribution in [0.25, 0.3) is 11.1 Å². The summed E-state index contributed by atoms with van der Waals surface area (Å²) >= 11 is 5.18. The number of anilines is 1. The number of carboxylic acid groups (broad SMARTS) is 1. The molecule has 146 valence electrons. The van der Waals surface area contributed by atoms with Crippen LogP contribution in [0.3, 0.4) is 0 Å². The number of hydrogen-bond donors (Lipinski definition) is 3. The molecule has 0 fully saturated rings. The van der Waals surface area contributed by atoms with Gasteiger partial charge in [0, 0.05) is 17.7 Å². The molecule has 0 radical (unpaired) electrons. The van der Waals surface area contributed by atoms with Gasteiger partial charge in [0.25, 0.3) is 0 Å². The van der Waals surface area contributed by atoms with Gasteiger partial charge in [-0.3, -0.25) is 9.59 Å². The Bertz CT molecular complexity index is 885. The van der Waals surface area contributed by atoms with Gasteiger partial charge < -0.3 is 15.7 Å². The highest BCUT2D eigenvalue weighted by molar-refractivity contribution is 7.80. The van der Waals surface area contributed by atoms with E-state index in [4.69, 9.17) is 12.2 Å². The van der Waals surface area contributed by atoms with Gasteiger partial charge >= 0.3 is 5.97 Å². The minimum atomic E-state index is -1.08. The van der Waals surface area contributed by atoms with Crippen LogP contribution in [0.4, 0.5) is 5.69 Å².